The first kappa shape index (κ1) is 20.0. The molecule has 0 radical (unpaired) electrons. The fourth-order valence-corrected chi connectivity index (χ4v) is 7.12. The lowest BCUT2D eigenvalue weighted by Crippen LogP contribution is -2.37. The first-order valence-corrected chi connectivity index (χ1v) is 10.6. The Hall–Kier alpha value is -1.77. The van der Waals surface area contributed by atoms with Crippen molar-refractivity contribution in [3.63, 3.8) is 0 Å². The number of anilines is 1. The van der Waals surface area contributed by atoms with Crippen LogP contribution in [-0.4, -0.2) is 42.3 Å². The molecule has 0 spiro atoms. The zero-order valence-corrected chi connectivity index (χ0v) is 15.8. The molecule has 2 fully saturated rings. The number of thioether (sulfide) groups is 1. The van der Waals surface area contributed by atoms with Crippen LogP contribution in [0.15, 0.2) is 23.2 Å². The van der Waals surface area contributed by atoms with Gasteiger partial charge < -0.3 is 4.90 Å². The normalized spacial score (nSPS) is 25.4. The average Bonchev–Trinajstić information content (AvgIpc) is 2.98. The van der Waals surface area contributed by atoms with Crippen molar-refractivity contribution >= 4 is 50.0 Å². The Kier molecular flexibility index (Phi) is 5.18. The summed E-state index contributed by atoms with van der Waals surface area (Å²) in [5.74, 6) is -1.18. The van der Waals surface area contributed by atoms with Gasteiger partial charge in [0.2, 0.25) is 0 Å². The number of nitrogens with zero attached hydrogens (tertiary/aromatic N) is 3. The van der Waals surface area contributed by atoms with Crippen molar-refractivity contribution in [3.05, 3.63) is 28.8 Å². The van der Waals surface area contributed by atoms with Crippen LogP contribution < -0.4 is 4.90 Å². The Morgan fingerprint density at radius 3 is 2.74 bits per heavy atom. The molecule has 27 heavy (non-hydrogen) atoms. The maximum Gasteiger partial charge on any atom is 0.417 e. The van der Waals surface area contributed by atoms with Crippen LogP contribution >= 0.6 is 23.4 Å². The first-order valence-electron chi connectivity index (χ1n) is 7.53. The van der Waals surface area contributed by atoms with Crippen LogP contribution in [0.2, 0.25) is 5.02 Å². The average molecular weight is 438 g/mol. The number of amides is 1. The molecule has 1 aromatic rings. The van der Waals surface area contributed by atoms with E-state index in [4.69, 9.17) is 16.9 Å². The minimum atomic E-state index is -4.70. The van der Waals surface area contributed by atoms with Crippen molar-refractivity contribution in [3.8, 4) is 6.07 Å². The number of aliphatic imine (C=N–C) groups is 1. The van der Waals surface area contributed by atoms with Gasteiger partial charge in [0.15, 0.2) is 15.0 Å². The fourth-order valence-electron chi connectivity index (χ4n) is 2.96. The summed E-state index contributed by atoms with van der Waals surface area (Å²) in [6.45, 7) is 0. The molecule has 2 heterocycles. The monoisotopic (exact) mass is 437 g/mol. The molecule has 0 N–H and O–H groups in total. The number of carbonyl (C=O) groups is 1. The van der Waals surface area contributed by atoms with Crippen molar-refractivity contribution < 1.29 is 26.4 Å². The summed E-state index contributed by atoms with van der Waals surface area (Å²) in [5.41, 5.74) is -1.04. The van der Waals surface area contributed by atoms with E-state index in [0.717, 1.165) is 23.9 Å². The summed E-state index contributed by atoms with van der Waals surface area (Å²) < 4.78 is 63.5. The maximum absolute atomic E-state index is 13.2. The van der Waals surface area contributed by atoms with Crippen LogP contribution in [0.1, 0.15) is 12.0 Å². The lowest BCUT2D eigenvalue weighted by Gasteiger charge is -2.25. The van der Waals surface area contributed by atoms with E-state index >= 15 is 0 Å². The molecule has 1 aromatic carbocycles. The van der Waals surface area contributed by atoms with Crippen LogP contribution in [0.25, 0.3) is 0 Å². The third-order valence-electron chi connectivity index (χ3n) is 4.05. The van der Waals surface area contributed by atoms with Crippen LogP contribution in [0.5, 0.6) is 0 Å². The number of nitriles is 1. The van der Waals surface area contributed by atoms with E-state index in [2.05, 4.69) is 4.99 Å². The largest absolute Gasteiger partial charge is 0.417 e. The second-order valence-electron chi connectivity index (χ2n) is 5.96. The third-order valence-corrected chi connectivity index (χ3v) is 7.59. The number of alkyl halides is 3. The summed E-state index contributed by atoms with van der Waals surface area (Å²) in [6.07, 6.45) is -5.19. The molecule has 2 saturated heterocycles. The molecule has 0 aromatic heterocycles. The van der Waals surface area contributed by atoms with E-state index in [-0.39, 0.29) is 22.4 Å². The second kappa shape index (κ2) is 7.00. The van der Waals surface area contributed by atoms with Gasteiger partial charge in [-0.2, -0.15) is 23.4 Å². The number of sulfone groups is 1. The molecule has 1 amide bonds. The summed E-state index contributed by atoms with van der Waals surface area (Å²) in [5, 5.41) is 7.72. The Balaban J connectivity index is 2.08. The van der Waals surface area contributed by atoms with Gasteiger partial charge in [0.25, 0.3) is 5.91 Å². The van der Waals surface area contributed by atoms with Crippen LogP contribution in [-0.2, 0) is 20.8 Å². The van der Waals surface area contributed by atoms with Gasteiger partial charge in [-0.25, -0.2) is 8.42 Å². The predicted octanol–water partition coefficient (Wildman–Crippen LogP) is 2.87. The number of amidine groups is 1. The molecule has 2 aliphatic heterocycles. The fraction of sp³-hybridized carbons (Fsp3) is 0.400. The number of halogens is 4. The number of hydrogen-bond acceptors (Lipinski definition) is 5. The minimum absolute atomic E-state index is 0.0346. The number of fused-ring (bicyclic) bond motifs is 1. The highest BCUT2D eigenvalue weighted by molar-refractivity contribution is 8.16. The highest BCUT2D eigenvalue weighted by Crippen LogP contribution is 2.43. The molecule has 2 unspecified atom stereocenters. The summed E-state index contributed by atoms with van der Waals surface area (Å²) >= 11 is 6.66. The zero-order chi connectivity index (χ0) is 20.0. The van der Waals surface area contributed by atoms with Gasteiger partial charge >= 0.3 is 6.18 Å². The summed E-state index contributed by atoms with van der Waals surface area (Å²) in [6, 6.07) is 4.18. The van der Waals surface area contributed by atoms with E-state index in [9.17, 15) is 26.4 Å². The Labute approximate surface area is 161 Å². The van der Waals surface area contributed by atoms with E-state index in [1.807, 2.05) is 0 Å². The topological polar surface area (TPSA) is 90.6 Å². The van der Waals surface area contributed by atoms with E-state index in [1.165, 1.54) is 11.0 Å². The maximum atomic E-state index is 13.2. The molecule has 144 valence electrons. The summed E-state index contributed by atoms with van der Waals surface area (Å²) in [4.78, 5) is 16.9. The Morgan fingerprint density at radius 2 is 2.11 bits per heavy atom. The quantitative estimate of drug-likeness (QED) is 0.706. The van der Waals surface area contributed by atoms with E-state index < -0.39 is 50.2 Å². The highest BCUT2D eigenvalue weighted by atomic mass is 35.5. The standard InChI is InChI=1S/C15H11ClF3N3O3S2/c16-10-2-1-8(5-9(10)15(17,18)19)22-11-6-27(24,25)7-12(11)26-14(22)21-13(23)3-4-20/h1-2,5,11-12H,3,6-7H2. The molecule has 0 aliphatic carbocycles. The first-order chi connectivity index (χ1) is 12.5. The predicted molar refractivity (Wildman–Crippen MR) is 95.4 cm³/mol. The van der Waals surface area contributed by atoms with Crippen molar-refractivity contribution in [2.24, 2.45) is 4.99 Å². The molecule has 3 rings (SSSR count). The van der Waals surface area contributed by atoms with Gasteiger partial charge in [-0.3, -0.25) is 4.79 Å². The van der Waals surface area contributed by atoms with Gasteiger partial charge in [0, 0.05) is 10.9 Å². The lowest BCUT2D eigenvalue weighted by atomic mass is 10.1. The van der Waals surface area contributed by atoms with Crippen molar-refractivity contribution in [1.29, 1.82) is 5.26 Å². The summed E-state index contributed by atoms with van der Waals surface area (Å²) in [7, 11) is -3.36. The van der Waals surface area contributed by atoms with Crippen molar-refractivity contribution in [2.75, 3.05) is 16.4 Å². The van der Waals surface area contributed by atoms with Crippen LogP contribution in [0.4, 0.5) is 18.9 Å². The van der Waals surface area contributed by atoms with Gasteiger partial charge in [-0.15, -0.1) is 0 Å². The smallest absolute Gasteiger partial charge is 0.316 e. The van der Waals surface area contributed by atoms with Gasteiger partial charge in [-0.05, 0) is 18.2 Å². The Bertz CT molecular complexity index is 973. The molecular formula is C15H11ClF3N3O3S2. The number of carbonyl (C=O) groups excluding carboxylic acids is 1. The molecule has 6 nitrogen and oxygen atoms in total. The molecule has 0 bridgehead atoms. The number of rotatable bonds is 2. The Morgan fingerprint density at radius 1 is 1.41 bits per heavy atom. The van der Waals surface area contributed by atoms with Gasteiger partial charge in [-0.1, -0.05) is 23.4 Å². The van der Waals surface area contributed by atoms with Crippen molar-refractivity contribution in [2.45, 2.75) is 23.9 Å². The lowest BCUT2D eigenvalue weighted by molar-refractivity contribution is -0.137. The zero-order valence-electron chi connectivity index (χ0n) is 13.4. The second-order valence-corrected chi connectivity index (χ2v) is 9.72. The van der Waals surface area contributed by atoms with E-state index in [1.54, 1.807) is 6.07 Å². The molecule has 12 heteroatoms. The molecule has 0 saturated carbocycles. The third kappa shape index (κ3) is 4.07. The van der Waals surface area contributed by atoms with Crippen LogP contribution in [0.3, 0.4) is 0 Å². The van der Waals surface area contributed by atoms with Crippen molar-refractivity contribution in [1.82, 2.24) is 0 Å². The minimum Gasteiger partial charge on any atom is -0.316 e. The number of benzene rings is 1. The molecule has 2 aliphatic rings. The number of hydrogen-bond donors (Lipinski definition) is 0. The molecular weight excluding hydrogens is 427 g/mol. The van der Waals surface area contributed by atoms with Crippen LogP contribution in [0, 0.1) is 11.3 Å². The molecule has 2 atom stereocenters. The highest BCUT2D eigenvalue weighted by Gasteiger charge is 2.49. The SMILES string of the molecule is N#CCC(=O)N=C1SC2CS(=O)(=O)CC2N1c1ccc(Cl)c(C(F)(F)F)c1. The van der Waals surface area contributed by atoms with Gasteiger partial charge in [0.05, 0.1) is 34.2 Å². The van der Waals surface area contributed by atoms with Gasteiger partial charge in [0.1, 0.15) is 6.42 Å². The van der Waals surface area contributed by atoms with E-state index in [0.29, 0.717) is 0 Å².